The van der Waals surface area contributed by atoms with Gasteiger partial charge in [-0.2, -0.15) is 0 Å². The lowest BCUT2D eigenvalue weighted by Crippen LogP contribution is -2.28. The number of hydrogen-bond acceptors (Lipinski definition) is 3. The van der Waals surface area contributed by atoms with Gasteiger partial charge < -0.3 is 5.32 Å². The zero-order chi connectivity index (χ0) is 19.5. The van der Waals surface area contributed by atoms with Crippen LogP contribution in [0.25, 0.3) is 0 Å². The number of carbonyl (C=O) groups excluding carboxylic acids is 1. The van der Waals surface area contributed by atoms with Crippen molar-refractivity contribution in [1.29, 1.82) is 0 Å². The van der Waals surface area contributed by atoms with Gasteiger partial charge in [0.2, 0.25) is 10.0 Å². The molecule has 0 heterocycles. The fourth-order valence-electron chi connectivity index (χ4n) is 2.47. The molecule has 0 radical (unpaired) electrons. The summed E-state index contributed by atoms with van der Waals surface area (Å²) in [6, 6.07) is 12.4. The zero-order valence-electron chi connectivity index (χ0n) is 15.3. The fraction of sp³-hybridized carbons (Fsp3) is 0.316. The third-order valence-electron chi connectivity index (χ3n) is 4.29. The van der Waals surface area contributed by atoms with Gasteiger partial charge >= 0.3 is 0 Å². The van der Waals surface area contributed by atoms with Crippen LogP contribution in [0.2, 0.25) is 5.02 Å². The maximum atomic E-state index is 12.6. The van der Waals surface area contributed by atoms with Gasteiger partial charge in [-0.3, -0.25) is 9.10 Å². The summed E-state index contributed by atoms with van der Waals surface area (Å²) in [4.78, 5) is 12.6. The lowest BCUT2D eigenvalue weighted by atomic mass is 10.0. The smallest absolute Gasteiger partial charge is 0.253 e. The van der Waals surface area contributed by atoms with Gasteiger partial charge in [0, 0.05) is 7.05 Å². The minimum Gasteiger partial charge on any atom is -0.345 e. The summed E-state index contributed by atoms with van der Waals surface area (Å²) in [5.74, 6) is -0.356. The second kappa shape index (κ2) is 8.10. The molecule has 5 nitrogen and oxygen atoms in total. The highest BCUT2D eigenvalue weighted by Crippen LogP contribution is 2.25. The molecule has 7 heteroatoms. The number of nitrogens with zero attached hydrogens (tertiary/aromatic N) is 1. The summed E-state index contributed by atoms with van der Waals surface area (Å²) in [6.07, 6.45) is 2.06. The predicted octanol–water partition coefficient (Wildman–Crippen LogP) is 3.79. The van der Waals surface area contributed by atoms with Crippen LogP contribution in [0.3, 0.4) is 0 Å². The van der Waals surface area contributed by atoms with Gasteiger partial charge in [-0.1, -0.05) is 42.8 Å². The molecule has 2 rings (SSSR count). The van der Waals surface area contributed by atoms with E-state index in [1.807, 2.05) is 31.2 Å². The molecule has 0 fully saturated rings. The first-order chi connectivity index (χ1) is 12.1. The van der Waals surface area contributed by atoms with Gasteiger partial charge in [0.25, 0.3) is 5.91 Å². The van der Waals surface area contributed by atoms with Crippen molar-refractivity contribution in [2.75, 3.05) is 17.6 Å². The number of hydrogen-bond donors (Lipinski definition) is 1. The van der Waals surface area contributed by atoms with E-state index in [1.54, 1.807) is 6.07 Å². The SMILES string of the molecule is CCc1ccc([C@H](C)NC(=O)c2cc(N(C)S(C)(=O)=O)ccc2Cl)cc1. The predicted molar refractivity (Wildman–Crippen MR) is 106 cm³/mol. The van der Waals surface area contributed by atoms with Gasteiger partial charge in [0.15, 0.2) is 0 Å². The molecule has 0 saturated carbocycles. The number of carbonyl (C=O) groups is 1. The molecule has 2 aromatic carbocycles. The van der Waals surface area contributed by atoms with Crippen LogP contribution in [-0.2, 0) is 16.4 Å². The monoisotopic (exact) mass is 394 g/mol. The Balaban J connectivity index is 2.22. The minimum absolute atomic E-state index is 0.208. The Hall–Kier alpha value is -2.05. The van der Waals surface area contributed by atoms with Crippen molar-refractivity contribution in [2.45, 2.75) is 26.3 Å². The Labute approximate surface area is 160 Å². The summed E-state index contributed by atoms with van der Waals surface area (Å²) < 4.78 is 24.5. The quantitative estimate of drug-likeness (QED) is 0.810. The van der Waals surface area contributed by atoms with Crippen LogP contribution in [0.5, 0.6) is 0 Å². The molecule has 0 bridgehead atoms. The van der Waals surface area contributed by atoms with Gasteiger partial charge in [-0.15, -0.1) is 0 Å². The summed E-state index contributed by atoms with van der Waals surface area (Å²) in [7, 11) is -2.00. The Morgan fingerprint density at radius 2 is 1.81 bits per heavy atom. The number of anilines is 1. The standard InChI is InChI=1S/C19H23ClN2O3S/c1-5-14-6-8-15(9-7-14)13(2)21-19(23)17-12-16(10-11-18(17)20)22(3)26(4,24)25/h6-13H,5H2,1-4H3,(H,21,23)/t13-/m0/s1. The number of halogens is 1. The molecule has 140 valence electrons. The molecule has 1 amide bonds. The van der Waals surface area contributed by atoms with Crippen molar-refractivity contribution in [3.63, 3.8) is 0 Å². The van der Waals surface area contributed by atoms with Crippen LogP contribution >= 0.6 is 11.6 Å². The lowest BCUT2D eigenvalue weighted by molar-refractivity contribution is 0.0940. The Kier molecular flexibility index (Phi) is 6.31. The molecule has 0 saturated heterocycles. The number of benzene rings is 2. The number of aryl methyl sites for hydroxylation is 1. The largest absolute Gasteiger partial charge is 0.345 e. The number of sulfonamides is 1. The summed E-state index contributed by atoms with van der Waals surface area (Å²) >= 11 is 6.15. The average Bonchev–Trinajstić information content (AvgIpc) is 2.60. The summed E-state index contributed by atoms with van der Waals surface area (Å²) in [6.45, 7) is 3.97. The van der Waals surface area contributed by atoms with E-state index >= 15 is 0 Å². The maximum absolute atomic E-state index is 12.6. The highest BCUT2D eigenvalue weighted by atomic mass is 35.5. The molecule has 1 N–H and O–H groups in total. The molecule has 0 aliphatic heterocycles. The Morgan fingerprint density at radius 3 is 2.35 bits per heavy atom. The molecule has 0 aromatic heterocycles. The maximum Gasteiger partial charge on any atom is 0.253 e. The van der Waals surface area contributed by atoms with Crippen LogP contribution < -0.4 is 9.62 Å². The van der Waals surface area contributed by atoms with Gasteiger partial charge in [-0.25, -0.2) is 8.42 Å². The molecule has 0 unspecified atom stereocenters. The van der Waals surface area contributed by atoms with E-state index in [9.17, 15) is 13.2 Å². The lowest BCUT2D eigenvalue weighted by Gasteiger charge is -2.19. The topological polar surface area (TPSA) is 66.5 Å². The summed E-state index contributed by atoms with van der Waals surface area (Å²) in [5.41, 5.74) is 2.82. The van der Waals surface area contributed by atoms with Crippen molar-refractivity contribution in [1.82, 2.24) is 5.32 Å². The van der Waals surface area contributed by atoms with Gasteiger partial charge in [0.1, 0.15) is 0 Å². The van der Waals surface area contributed by atoms with Crippen molar-refractivity contribution in [3.05, 3.63) is 64.2 Å². The fourth-order valence-corrected chi connectivity index (χ4v) is 3.17. The first kappa shape index (κ1) is 20.3. The van der Waals surface area contributed by atoms with E-state index in [2.05, 4.69) is 12.2 Å². The summed E-state index contributed by atoms with van der Waals surface area (Å²) in [5, 5.41) is 3.17. The van der Waals surface area contributed by atoms with E-state index in [-0.39, 0.29) is 22.5 Å². The van der Waals surface area contributed by atoms with Gasteiger partial charge in [0.05, 0.1) is 28.6 Å². The third kappa shape index (κ3) is 4.77. The van der Waals surface area contributed by atoms with E-state index < -0.39 is 10.0 Å². The van der Waals surface area contributed by atoms with E-state index in [1.165, 1.54) is 24.7 Å². The van der Waals surface area contributed by atoms with E-state index in [4.69, 9.17) is 11.6 Å². The molecule has 1 atom stereocenters. The first-order valence-electron chi connectivity index (χ1n) is 8.26. The highest BCUT2D eigenvalue weighted by Gasteiger charge is 2.18. The van der Waals surface area contributed by atoms with E-state index in [0.29, 0.717) is 5.69 Å². The van der Waals surface area contributed by atoms with Crippen LogP contribution in [0.15, 0.2) is 42.5 Å². The highest BCUT2D eigenvalue weighted by molar-refractivity contribution is 7.92. The Bertz CT molecular complexity index is 896. The van der Waals surface area contributed by atoms with Crippen molar-refractivity contribution in [2.24, 2.45) is 0 Å². The van der Waals surface area contributed by atoms with Crippen LogP contribution in [0.4, 0.5) is 5.69 Å². The first-order valence-corrected chi connectivity index (χ1v) is 10.5. The van der Waals surface area contributed by atoms with Crippen LogP contribution in [0.1, 0.15) is 41.4 Å². The van der Waals surface area contributed by atoms with E-state index in [0.717, 1.165) is 22.5 Å². The third-order valence-corrected chi connectivity index (χ3v) is 5.83. The average molecular weight is 395 g/mol. The molecule has 0 aliphatic rings. The molecule has 0 spiro atoms. The van der Waals surface area contributed by atoms with Crippen LogP contribution in [-0.4, -0.2) is 27.6 Å². The van der Waals surface area contributed by atoms with Crippen molar-refractivity contribution < 1.29 is 13.2 Å². The zero-order valence-corrected chi connectivity index (χ0v) is 16.9. The molecule has 26 heavy (non-hydrogen) atoms. The molecular weight excluding hydrogens is 372 g/mol. The second-order valence-corrected chi connectivity index (χ2v) is 8.61. The van der Waals surface area contributed by atoms with Gasteiger partial charge in [-0.05, 0) is 42.7 Å². The number of amides is 1. The molecule has 0 aliphatic carbocycles. The van der Waals surface area contributed by atoms with Crippen molar-refractivity contribution in [3.8, 4) is 0 Å². The molecular formula is C19H23ClN2O3S. The number of nitrogens with one attached hydrogen (secondary N) is 1. The van der Waals surface area contributed by atoms with Crippen LogP contribution in [0, 0.1) is 0 Å². The minimum atomic E-state index is -3.43. The number of rotatable bonds is 6. The second-order valence-electron chi connectivity index (χ2n) is 6.18. The normalized spacial score (nSPS) is 12.5. The molecule has 2 aromatic rings. The Morgan fingerprint density at radius 1 is 1.19 bits per heavy atom. The van der Waals surface area contributed by atoms with Crippen molar-refractivity contribution >= 4 is 33.2 Å².